The molecular formula is C14H14N3O4S-. The Balaban J connectivity index is 2.26. The smallest absolute Gasteiger partial charge is 0.342 e. The van der Waals surface area contributed by atoms with Gasteiger partial charge in [-0.3, -0.25) is 5.10 Å². The van der Waals surface area contributed by atoms with Crippen LogP contribution in [0.4, 0.5) is 0 Å². The molecule has 22 heavy (non-hydrogen) atoms. The predicted molar refractivity (Wildman–Crippen MR) is 79.7 cm³/mol. The summed E-state index contributed by atoms with van der Waals surface area (Å²) in [5, 5.41) is 27.9. The van der Waals surface area contributed by atoms with E-state index < -0.39 is 5.97 Å². The van der Waals surface area contributed by atoms with Crippen LogP contribution >= 0.6 is 11.8 Å². The number of methoxy groups -OCH3 is 1. The van der Waals surface area contributed by atoms with Crippen LogP contribution in [0.25, 0.3) is 6.08 Å². The Morgan fingerprint density at radius 2 is 2.32 bits per heavy atom. The third-order valence-corrected chi connectivity index (χ3v) is 3.62. The molecular weight excluding hydrogens is 306 g/mol. The number of aryl methyl sites for hydroxylation is 1. The van der Waals surface area contributed by atoms with E-state index in [9.17, 15) is 15.0 Å². The molecule has 0 atom stereocenters. The van der Waals surface area contributed by atoms with Gasteiger partial charge in [-0.25, -0.2) is 9.78 Å². The van der Waals surface area contributed by atoms with Crippen LogP contribution in [0.5, 0.6) is 11.5 Å². The van der Waals surface area contributed by atoms with Crippen LogP contribution in [-0.2, 0) is 11.2 Å². The van der Waals surface area contributed by atoms with Crippen molar-refractivity contribution in [2.24, 2.45) is 0 Å². The van der Waals surface area contributed by atoms with Crippen molar-refractivity contribution >= 4 is 23.8 Å². The number of benzene rings is 1. The lowest BCUT2D eigenvalue weighted by atomic mass is 10.2. The minimum atomic E-state index is -1.11. The highest BCUT2D eigenvalue weighted by Gasteiger charge is 2.13. The van der Waals surface area contributed by atoms with E-state index in [4.69, 9.17) is 4.74 Å². The van der Waals surface area contributed by atoms with Crippen LogP contribution in [0.2, 0.25) is 0 Å². The van der Waals surface area contributed by atoms with Crippen LogP contribution < -0.4 is 9.84 Å². The lowest BCUT2D eigenvalue weighted by molar-refractivity contribution is -0.270. The summed E-state index contributed by atoms with van der Waals surface area (Å²) in [6, 6.07) is 4.43. The summed E-state index contributed by atoms with van der Waals surface area (Å²) >= 11 is 0.918. The summed E-state index contributed by atoms with van der Waals surface area (Å²) in [5.74, 6) is -0.532. The quantitative estimate of drug-likeness (QED) is 0.615. The highest BCUT2D eigenvalue weighted by molar-refractivity contribution is 8.04. The Labute approximate surface area is 131 Å². The van der Waals surface area contributed by atoms with Crippen molar-refractivity contribution in [2.45, 2.75) is 18.5 Å². The number of H-pyrrole nitrogens is 1. The first kappa shape index (κ1) is 15.9. The number of thioether (sulfide) groups is 1. The maximum Gasteiger partial charge on any atom is 0.342 e. The van der Waals surface area contributed by atoms with Gasteiger partial charge in [0.05, 0.1) is 7.11 Å². The van der Waals surface area contributed by atoms with E-state index in [1.54, 1.807) is 6.07 Å². The van der Waals surface area contributed by atoms with Crippen LogP contribution in [0.15, 0.2) is 28.3 Å². The average molecular weight is 320 g/mol. The Hall–Kier alpha value is -2.48. The molecule has 116 valence electrons. The summed E-state index contributed by atoms with van der Waals surface area (Å²) in [6.45, 7) is 1.91. The van der Waals surface area contributed by atoms with Crippen LogP contribution in [0.3, 0.4) is 0 Å². The first-order chi connectivity index (χ1) is 10.5. The summed E-state index contributed by atoms with van der Waals surface area (Å²) in [7, 11) is 1.40. The molecule has 1 heterocycles. The first-order valence-corrected chi connectivity index (χ1v) is 7.24. The molecule has 1 aromatic heterocycles. The van der Waals surface area contributed by atoms with E-state index in [2.05, 4.69) is 15.2 Å². The van der Waals surface area contributed by atoms with Crippen LogP contribution in [-0.4, -0.2) is 33.4 Å². The van der Waals surface area contributed by atoms with E-state index in [0.717, 1.165) is 11.8 Å². The number of hydrogen-bond donors (Lipinski definition) is 2. The van der Waals surface area contributed by atoms with E-state index in [0.29, 0.717) is 23.0 Å². The number of rotatable bonds is 6. The Morgan fingerprint density at radius 3 is 2.86 bits per heavy atom. The first-order valence-electron chi connectivity index (χ1n) is 6.42. The molecule has 0 saturated heterocycles. The van der Waals surface area contributed by atoms with Gasteiger partial charge >= 0.3 is 5.97 Å². The van der Waals surface area contributed by atoms with Gasteiger partial charge in [0.25, 0.3) is 0 Å². The van der Waals surface area contributed by atoms with Gasteiger partial charge in [-0.1, -0.05) is 24.8 Å². The Morgan fingerprint density at radius 1 is 1.55 bits per heavy atom. The molecule has 0 aliphatic rings. The van der Waals surface area contributed by atoms with Crippen LogP contribution in [0, 0.1) is 0 Å². The fraction of sp³-hybridized carbons (Fsp3) is 0.214. The van der Waals surface area contributed by atoms with E-state index >= 15 is 0 Å². The van der Waals surface area contributed by atoms with Crippen molar-refractivity contribution < 1.29 is 19.7 Å². The number of nitrogens with one attached hydrogen (secondary N) is 1. The molecule has 0 unspecified atom stereocenters. The van der Waals surface area contributed by atoms with Gasteiger partial charge in [-0.05, 0) is 29.5 Å². The predicted octanol–water partition coefficient (Wildman–Crippen LogP) is 1.67. The maximum absolute atomic E-state index is 11.7. The summed E-state index contributed by atoms with van der Waals surface area (Å²) in [6.07, 6.45) is 2.08. The highest BCUT2D eigenvalue weighted by atomic mass is 32.2. The second kappa shape index (κ2) is 6.99. The maximum atomic E-state index is 11.7. The minimum Gasteiger partial charge on any atom is -0.870 e. The third kappa shape index (κ3) is 3.79. The summed E-state index contributed by atoms with van der Waals surface area (Å²) in [5.41, 5.74) is 0.474. The number of hydrogen-bond acceptors (Lipinski definition) is 6. The Bertz CT molecular complexity index is 712. The molecule has 8 heteroatoms. The number of ether oxygens (including phenoxy) is 1. The van der Waals surface area contributed by atoms with Gasteiger partial charge in [0.1, 0.15) is 16.5 Å². The fourth-order valence-corrected chi connectivity index (χ4v) is 2.38. The number of carbonyl (C=O) groups is 1. The van der Waals surface area contributed by atoms with Crippen LogP contribution in [0.1, 0.15) is 18.3 Å². The molecule has 2 N–H and O–H groups in total. The van der Waals surface area contributed by atoms with Crippen molar-refractivity contribution in [1.29, 1.82) is 0 Å². The van der Waals surface area contributed by atoms with Crippen molar-refractivity contribution in [3.63, 3.8) is 0 Å². The number of aliphatic carboxylic acids is 1. The monoisotopic (exact) mass is 320 g/mol. The molecule has 0 radical (unpaired) electrons. The molecule has 0 amide bonds. The topological polar surface area (TPSA) is 111 Å². The molecule has 0 spiro atoms. The van der Waals surface area contributed by atoms with Crippen molar-refractivity contribution in [3.05, 3.63) is 34.5 Å². The Kier molecular flexibility index (Phi) is 5.05. The lowest BCUT2D eigenvalue weighted by Gasteiger charge is -2.12. The molecule has 0 fully saturated rings. The highest BCUT2D eigenvalue weighted by Crippen LogP contribution is 2.29. The van der Waals surface area contributed by atoms with Gasteiger partial charge in [0, 0.05) is 6.42 Å². The molecule has 0 aliphatic heterocycles. The zero-order chi connectivity index (χ0) is 16.1. The molecule has 0 aliphatic carbocycles. The number of carboxylic acid groups (broad SMARTS) is 1. The van der Waals surface area contributed by atoms with Crippen molar-refractivity contribution in [1.82, 2.24) is 15.2 Å². The molecule has 1 aromatic carbocycles. The van der Waals surface area contributed by atoms with Gasteiger partial charge in [-0.2, -0.15) is 0 Å². The van der Waals surface area contributed by atoms with Crippen molar-refractivity contribution in [2.75, 3.05) is 7.11 Å². The van der Waals surface area contributed by atoms with Gasteiger partial charge in [-0.15, -0.1) is 5.10 Å². The summed E-state index contributed by atoms with van der Waals surface area (Å²) in [4.78, 5) is 15.5. The molecule has 2 rings (SSSR count). The standard InChI is InChI=1S/C14H15N3O4S/c1-3-12-15-14(17-16-12)22-11(13(19)20)7-8-4-5-10(21-2)9(18)6-8/h4-7,18H,3H2,1-2H3,(H,19,20)(H,15,16,17)/p-1/b11-7-. The van der Waals surface area contributed by atoms with Crippen molar-refractivity contribution in [3.8, 4) is 11.5 Å². The van der Waals surface area contributed by atoms with Gasteiger partial charge in [0.2, 0.25) is 5.16 Å². The number of nitrogens with zero attached hydrogens (tertiary/aromatic N) is 2. The fourth-order valence-electron chi connectivity index (χ4n) is 1.65. The molecule has 0 bridgehead atoms. The average Bonchev–Trinajstić information content (AvgIpc) is 2.94. The zero-order valence-electron chi connectivity index (χ0n) is 12.0. The number of aromatic amines is 1. The van der Waals surface area contributed by atoms with E-state index in [1.165, 1.54) is 25.3 Å². The second-order valence-corrected chi connectivity index (χ2v) is 5.25. The van der Waals surface area contributed by atoms with E-state index in [1.807, 2.05) is 6.92 Å². The minimum absolute atomic E-state index is 0.0196. The molecule has 0 saturated carbocycles. The van der Waals surface area contributed by atoms with Gasteiger partial charge < -0.3 is 14.9 Å². The SMILES string of the molecule is CCc1nc(S/C(=C\c2ccc(OC)c([O-])c2)C(=O)O)n[nH]1. The number of aromatic nitrogens is 3. The molecule has 2 aromatic rings. The largest absolute Gasteiger partial charge is 0.870 e. The normalized spacial score (nSPS) is 11.5. The zero-order valence-corrected chi connectivity index (χ0v) is 12.8. The van der Waals surface area contributed by atoms with E-state index in [-0.39, 0.29) is 16.4 Å². The summed E-state index contributed by atoms with van der Waals surface area (Å²) < 4.78 is 4.88. The third-order valence-electron chi connectivity index (χ3n) is 2.74. The number of carboxylic acids is 1. The molecule has 7 nitrogen and oxygen atoms in total. The van der Waals surface area contributed by atoms with Gasteiger partial charge in [0.15, 0.2) is 0 Å². The second-order valence-electron chi connectivity index (χ2n) is 4.24. The lowest BCUT2D eigenvalue weighted by Crippen LogP contribution is -1.98.